The predicted molar refractivity (Wildman–Crippen MR) is 96.7 cm³/mol. The zero-order valence-corrected chi connectivity index (χ0v) is 15.3. The number of carbonyl (C=O) groups excluding carboxylic acids is 1. The molecular formula is C13H15Cl4N5O2. The van der Waals surface area contributed by atoms with Gasteiger partial charge in [-0.05, 0) is 23.3 Å². The highest BCUT2D eigenvalue weighted by Crippen LogP contribution is 2.15. The Kier molecular flexibility index (Phi) is 9.88. The zero-order valence-electron chi connectivity index (χ0n) is 12.2. The lowest BCUT2D eigenvalue weighted by molar-refractivity contribution is -0.146. The van der Waals surface area contributed by atoms with Crippen LogP contribution in [0, 0.1) is 0 Å². The van der Waals surface area contributed by atoms with Gasteiger partial charge in [-0.1, -0.05) is 23.2 Å². The SMILES string of the molecule is Cl.Cl.Nc1ncc(C[C@H](N)C(=O)OCc2cc(Cl)nc(Cl)c2)cn1. The normalized spacial score (nSPS) is 11.0. The monoisotopic (exact) mass is 413 g/mol. The first-order chi connectivity index (χ1) is 10.4. The van der Waals surface area contributed by atoms with E-state index in [9.17, 15) is 4.79 Å². The number of nitrogens with zero attached hydrogens (tertiary/aromatic N) is 3. The summed E-state index contributed by atoms with van der Waals surface area (Å²) in [5.74, 6) is -0.396. The maximum atomic E-state index is 11.9. The number of ether oxygens (including phenoxy) is 1. The number of nitrogen functional groups attached to an aromatic ring is 1. The average Bonchev–Trinajstić information content (AvgIpc) is 2.46. The molecule has 2 heterocycles. The molecule has 132 valence electrons. The Labute approximate surface area is 160 Å². The van der Waals surface area contributed by atoms with Gasteiger partial charge in [-0.3, -0.25) is 4.79 Å². The minimum Gasteiger partial charge on any atom is -0.460 e. The number of esters is 1. The van der Waals surface area contributed by atoms with Crippen LogP contribution in [0.15, 0.2) is 24.5 Å². The van der Waals surface area contributed by atoms with E-state index in [1.165, 1.54) is 12.4 Å². The maximum Gasteiger partial charge on any atom is 0.323 e. The highest BCUT2D eigenvalue weighted by molar-refractivity contribution is 6.32. The largest absolute Gasteiger partial charge is 0.460 e. The molecule has 0 saturated heterocycles. The zero-order chi connectivity index (χ0) is 16.1. The molecule has 0 saturated carbocycles. The first-order valence-electron chi connectivity index (χ1n) is 6.24. The van der Waals surface area contributed by atoms with Crippen LogP contribution in [-0.4, -0.2) is 27.0 Å². The molecular weight excluding hydrogens is 400 g/mol. The summed E-state index contributed by atoms with van der Waals surface area (Å²) in [6.07, 6.45) is 3.27. The molecule has 0 aliphatic heterocycles. The Morgan fingerprint density at radius 1 is 1.12 bits per heavy atom. The van der Waals surface area contributed by atoms with E-state index < -0.39 is 12.0 Å². The van der Waals surface area contributed by atoms with Crippen molar-refractivity contribution in [3.05, 3.63) is 46.0 Å². The highest BCUT2D eigenvalue weighted by Gasteiger charge is 2.16. The number of pyridine rings is 1. The van der Waals surface area contributed by atoms with Crippen LogP contribution < -0.4 is 11.5 Å². The van der Waals surface area contributed by atoms with Gasteiger partial charge in [-0.15, -0.1) is 24.8 Å². The number of hydrogen-bond acceptors (Lipinski definition) is 7. The predicted octanol–water partition coefficient (Wildman–Crippen LogP) is 2.22. The molecule has 0 radical (unpaired) electrons. The van der Waals surface area contributed by atoms with Crippen molar-refractivity contribution in [3.8, 4) is 0 Å². The summed E-state index contributed by atoms with van der Waals surface area (Å²) in [7, 11) is 0. The average molecular weight is 415 g/mol. The molecule has 0 aromatic carbocycles. The highest BCUT2D eigenvalue weighted by atomic mass is 35.5. The number of hydrogen-bond donors (Lipinski definition) is 2. The fourth-order valence-electron chi connectivity index (χ4n) is 1.67. The third-order valence-electron chi connectivity index (χ3n) is 2.69. The Bertz CT molecular complexity index is 652. The van der Waals surface area contributed by atoms with Crippen LogP contribution >= 0.6 is 48.0 Å². The van der Waals surface area contributed by atoms with E-state index in [-0.39, 0.29) is 54.1 Å². The number of anilines is 1. The molecule has 2 aromatic rings. The molecule has 0 spiro atoms. The van der Waals surface area contributed by atoms with Gasteiger partial charge in [0.25, 0.3) is 0 Å². The molecule has 1 atom stereocenters. The Balaban J connectivity index is 0.00000264. The first-order valence-corrected chi connectivity index (χ1v) is 7.00. The van der Waals surface area contributed by atoms with Gasteiger partial charge in [0.15, 0.2) is 0 Å². The Morgan fingerprint density at radius 3 is 2.21 bits per heavy atom. The lowest BCUT2D eigenvalue weighted by atomic mass is 10.1. The molecule has 0 bridgehead atoms. The summed E-state index contributed by atoms with van der Waals surface area (Å²) >= 11 is 11.5. The van der Waals surface area contributed by atoms with Crippen LogP contribution in [0.1, 0.15) is 11.1 Å². The van der Waals surface area contributed by atoms with E-state index in [2.05, 4.69) is 15.0 Å². The van der Waals surface area contributed by atoms with Crippen LogP contribution in [0.25, 0.3) is 0 Å². The number of carbonyl (C=O) groups is 1. The Hall–Kier alpha value is -1.38. The third-order valence-corrected chi connectivity index (χ3v) is 3.07. The molecule has 0 aliphatic rings. The number of aromatic nitrogens is 3. The van der Waals surface area contributed by atoms with Crippen LogP contribution in [0.5, 0.6) is 0 Å². The maximum absolute atomic E-state index is 11.9. The van der Waals surface area contributed by atoms with Crippen molar-refractivity contribution in [1.82, 2.24) is 15.0 Å². The van der Waals surface area contributed by atoms with E-state index in [0.717, 1.165) is 0 Å². The van der Waals surface area contributed by atoms with Crippen molar-refractivity contribution in [1.29, 1.82) is 0 Å². The van der Waals surface area contributed by atoms with Gasteiger partial charge >= 0.3 is 5.97 Å². The molecule has 4 N–H and O–H groups in total. The molecule has 0 fully saturated rings. The van der Waals surface area contributed by atoms with Gasteiger partial charge < -0.3 is 16.2 Å². The van der Waals surface area contributed by atoms with Crippen molar-refractivity contribution in [2.45, 2.75) is 19.1 Å². The summed E-state index contributed by atoms with van der Waals surface area (Å²) in [6.45, 7) is 0.00668. The molecule has 7 nitrogen and oxygen atoms in total. The van der Waals surface area contributed by atoms with E-state index in [4.69, 9.17) is 39.4 Å². The summed E-state index contributed by atoms with van der Waals surface area (Å²) in [5.41, 5.74) is 12.5. The van der Waals surface area contributed by atoms with Crippen LogP contribution in [0.3, 0.4) is 0 Å². The summed E-state index contributed by atoms with van der Waals surface area (Å²) in [4.78, 5) is 23.3. The summed E-state index contributed by atoms with van der Waals surface area (Å²) in [6, 6.07) is 2.28. The second-order valence-corrected chi connectivity index (χ2v) is 5.26. The van der Waals surface area contributed by atoms with Crippen molar-refractivity contribution in [2.75, 3.05) is 5.73 Å². The standard InChI is InChI=1S/C13H13Cl2N5O2.2ClH/c14-10-2-7(3-11(15)20-10)6-22-12(21)9(16)1-8-4-18-13(17)19-5-8;;/h2-5,9H,1,6,16H2,(H2,17,18,19);2*1H/t9-;;/m0../s1. The van der Waals surface area contributed by atoms with Crippen molar-refractivity contribution >= 4 is 59.9 Å². The molecule has 0 aliphatic carbocycles. The second-order valence-electron chi connectivity index (χ2n) is 4.49. The smallest absolute Gasteiger partial charge is 0.323 e. The van der Waals surface area contributed by atoms with E-state index in [0.29, 0.717) is 11.1 Å². The number of halogens is 4. The Morgan fingerprint density at radius 2 is 1.67 bits per heavy atom. The molecule has 24 heavy (non-hydrogen) atoms. The van der Waals surface area contributed by atoms with Gasteiger partial charge in [-0.2, -0.15) is 0 Å². The quantitative estimate of drug-likeness (QED) is 0.568. The second kappa shape index (κ2) is 10.5. The van der Waals surface area contributed by atoms with Gasteiger partial charge in [0.1, 0.15) is 23.0 Å². The topological polar surface area (TPSA) is 117 Å². The van der Waals surface area contributed by atoms with Crippen molar-refractivity contribution < 1.29 is 9.53 Å². The van der Waals surface area contributed by atoms with Crippen molar-refractivity contribution in [3.63, 3.8) is 0 Å². The van der Waals surface area contributed by atoms with Gasteiger partial charge in [-0.25, -0.2) is 15.0 Å². The fourth-order valence-corrected chi connectivity index (χ4v) is 2.17. The molecule has 11 heteroatoms. The lowest BCUT2D eigenvalue weighted by Gasteiger charge is -2.11. The first kappa shape index (κ1) is 22.6. The van der Waals surface area contributed by atoms with Gasteiger partial charge in [0.2, 0.25) is 5.95 Å². The van der Waals surface area contributed by atoms with Crippen LogP contribution in [-0.2, 0) is 22.6 Å². The molecule has 0 amide bonds. The molecule has 2 rings (SSSR count). The number of rotatable bonds is 5. The van der Waals surface area contributed by atoms with Crippen LogP contribution in [0.2, 0.25) is 10.3 Å². The van der Waals surface area contributed by atoms with Crippen LogP contribution in [0.4, 0.5) is 5.95 Å². The van der Waals surface area contributed by atoms with Gasteiger partial charge in [0.05, 0.1) is 0 Å². The van der Waals surface area contributed by atoms with E-state index in [1.807, 2.05) is 0 Å². The minimum absolute atomic E-state index is 0. The number of nitrogens with two attached hydrogens (primary N) is 2. The third kappa shape index (κ3) is 7.02. The van der Waals surface area contributed by atoms with E-state index in [1.54, 1.807) is 12.1 Å². The summed E-state index contributed by atoms with van der Waals surface area (Å²) < 4.78 is 5.12. The molecule has 0 unspecified atom stereocenters. The molecule has 2 aromatic heterocycles. The minimum atomic E-state index is -0.833. The van der Waals surface area contributed by atoms with E-state index >= 15 is 0 Å². The van der Waals surface area contributed by atoms with Crippen molar-refractivity contribution in [2.24, 2.45) is 5.73 Å². The lowest BCUT2D eigenvalue weighted by Crippen LogP contribution is -2.34. The summed E-state index contributed by atoms with van der Waals surface area (Å²) in [5, 5.41) is 0.448. The fraction of sp³-hybridized carbons (Fsp3) is 0.231. The van der Waals surface area contributed by atoms with Gasteiger partial charge in [0, 0.05) is 18.8 Å².